The van der Waals surface area contributed by atoms with Gasteiger partial charge in [0.25, 0.3) is 0 Å². The van der Waals surface area contributed by atoms with E-state index in [4.69, 9.17) is 5.73 Å². The van der Waals surface area contributed by atoms with Gasteiger partial charge in [-0.15, -0.1) is 0 Å². The molecule has 5 nitrogen and oxygen atoms in total. The molecule has 0 fully saturated rings. The number of benzene rings is 1. The van der Waals surface area contributed by atoms with Gasteiger partial charge in [0.05, 0.1) is 13.0 Å². The summed E-state index contributed by atoms with van der Waals surface area (Å²) in [6.07, 6.45) is 1.73. The Labute approximate surface area is 117 Å². The molecule has 6 heteroatoms. The van der Waals surface area contributed by atoms with Crippen LogP contribution >= 0.6 is 0 Å². The fourth-order valence-corrected chi connectivity index (χ4v) is 1.63. The Morgan fingerprint density at radius 1 is 1.15 bits per heavy atom. The van der Waals surface area contributed by atoms with E-state index >= 15 is 0 Å². The molecule has 0 aliphatic rings. The highest BCUT2D eigenvalue weighted by atomic mass is 19.1. The molecule has 0 bridgehead atoms. The van der Waals surface area contributed by atoms with Crippen LogP contribution in [0.15, 0.2) is 24.3 Å². The number of nitrogens with one attached hydrogen (secondary N) is 2. The first-order valence-corrected chi connectivity index (χ1v) is 6.59. The molecule has 0 spiro atoms. The Balaban J connectivity index is 2.21. The van der Waals surface area contributed by atoms with Gasteiger partial charge in [0, 0.05) is 6.54 Å². The van der Waals surface area contributed by atoms with E-state index in [9.17, 15) is 14.0 Å². The van der Waals surface area contributed by atoms with Gasteiger partial charge in [-0.1, -0.05) is 12.1 Å². The van der Waals surface area contributed by atoms with Gasteiger partial charge in [0.2, 0.25) is 11.8 Å². The summed E-state index contributed by atoms with van der Waals surface area (Å²) in [7, 11) is 0. The molecule has 1 rings (SSSR count). The van der Waals surface area contributed by atoms with Crippen LogP contribution in [0.5, 0.6) is 0 Å². The Bertz CT molecular complexity index is 452. The molecule has 0 aliphatic carbocycles. The number of carbonyl (C=O) groups excluding carboxylic acids is 2. The summed E-state index contributed by atoms with van der Waals surface area (Å²) in [6, 6.07) is 5.82. The second-order valence-corrected chi connectivity index (χ2v) is 4.43. The lowest BCUT2D eigenvalue weighted by Gasteiger charge is -2.07. The van der Waals surface area contributed by atoms with Gasteiger partial charge in [-0.25, -0.2) is 4.39 Å². The summed E-state index contributed by atoms with van der Waals surface area (Å²) in [5.41, 5.74) is 5.91. The summed E-state index contributed by atoms with van der Waals surface area (Å²) in [4.78, 5) is 23.0. The zero-order chi connectivity index (χ0) is 14.8. The van der Waals surface area contributed by atoms with Crippen LogP contribution in [0.4, 0.5) is 4.39 Å². The van der Waals surface area contributed by atoms with Gasteiger partial charge in [0.1, 0.15) is 5.82 Å². The normalized spacial score (nSPS) is 10.1. The summed E-state index contributed by atoms with van der Waals surface area (Å²) < 4.78 is 12.9. The van der Waals surface area contributed by atoms with Crippen LogP contribution in [0.25, 0.3) is 0 Å². The summed E-state index contributed by atoms with van der Waals surface area (Å²) in [6.45, 7) is 1.08. The first kappa shape index (κ1) is 16.1. The third kappa shape index (κ3) is 6.84. The number of nitrogens with two attached hydrogens (primary N) is 1. The second kappa shape index (κ2) is 9.03. The standard InChI is InChI=1S/C14H20FN3O2/c15-12-5-3-4-11(8-12)9-13(19)18-10-14(20)17-7-2-1-6-16/h3-5,8H,1-2,6-7,9-10,16H2,(H,17,20)(H,18,19). The SMILES string of the molecule is NCCCCNC(=O)CNC(=O)Cc1cccc(F)c1. The van der Waals surface area contributed by atoms with Crippen LogP contribution in [0, 0.1) is 5.82 Å². The average Bonchev–Trinajstić information content (AvgIpc) is 2.41. The minimum Gasteiger partial charge on any atom is -0.355 e. The number of hydrogen-bond acceptors (Lipinski definition) is 3. The molecule has 110 valence electrons. The molecule has 0 heterocycles. The van der Waals surface area contributed by atoms with Crippen molar-refractivity contribution in [2.24, 2.45) is 5.73 Å². The molecule has 0 saturated carbocycles. The van der Waals surface area contributed by atoms with Crippen molar-refractivity contribution in [3.8, 4) is 0 Å². The van der Waals surface area contributed by atoms with Crippen molar-refractivity contribution in [2.75, 3.05) is 19.6 Å². The van der Waals surface area contributed by atoms with Gasteiger partial charge < -0.3 is 16.4 Å². The number of unbranched alkanes of at least 4 members (excludes halogenated alkanes) is 1. The van der Waals surface area contributed by atoms with Crippen molar-refractivity contribution in [3.05, 3.63) is 35.6 Å². The number of halogens is 1. The maximum atomic E-state index is 12.9. The maximum absolute atomic E-state index is 12.9. The van der Waals surface area contributed by atoms with E-state index in [1.807, 2.05) is 0 Å². The number of carbonyl (C=O) groups is 2. The van der Waals surface area contributed by atoms with E-state index in [2.05, 4.69) is 10.6 Å². The Kier molecular flexibility index (Phi) is 7.27. The number of hydrogen-bond donors (Lipinski definition) is 3. The average molecular weight is 281 g/mol. The molecular formula is C14H20FN3O2. The predicted molar refractivity (Wildman–Crippen MR) is 74.4 cm³/mol. The zero-order valence-corrected chi connectivity index (χ0v) is 11.3. The van der Waals surface area contributed by atoms with Gasteiger partial charge in [-0.3, -0.25) is 9.59 Å². The highest BCUT2D eigenvalue weighted by Crippen LogP contribution is 2.03. The van der Waals surface area contributed by atoms with Crippen molar-refractivity contribution in [1.82, 2.24) is 10.6 Å². The van der Waals surface area contributed by atoms with E-state index in [0.717, 1.165) is 12.8 Å². The molecule has 0 radical (unpaired) electrons. The quantitative estimate of drug-likeness (QED) is 0.601. The van der Waals surface area contributed by atoms with Crippen molar-refractivity contribution in [2.45, 2.75) is 19.3 Å². The molecule has 1 aromatic rings. The van der Waals surface area contributed by atoms with Crippen LogP contribution in [-0.4, -0.2) is 31.4 Å². The predicted octanol–water partition coefficient (Wildman–Crippen LogP) is 0.340. The van der Waals surface area contributed by atoms with E-state index in [0.29, 0.717) is 18.7 Å². The number of amides is 2. The third-order valence-electron chi connectivity index (χ3n) is 2.65. The number of rotatable bonds is 8. The Morgan fingerprint density at radius 3 is 2.65 bits per heavy atom. The molecule has 2 amide bonds. The van der Waals surface area contributed by atoms with Gasteiger partial charge >= 0.3 is 0 Å². The van der Waals surface area contributed by atoms with Gasteiger partial charge in [-0.2, -0.15) is 0 Å². The zero-order valence-electron chi connectivity index (χ0n) is 11.3. The molecule has 1 aromatic carbocycles. The summed E-state index contributed by atoms with van der Waals surface area (Å²) >= 11 is 0. The molecule has 4 N–H and O–H groups in total. The summed E-state index contributed by atoms with van der Waals surface area (Å²) in [5, 5.41) is 5.17. The summed E-state index contributed by atoms with van der Waals surface area (Å²) in [5.74, 6) is -0.935. The Hall–Kier alpha value is -1.95. The van der Waals surface area contributed by atoms with Crippen LogP contribution in [0.3, 0.4) is 0 Å². The fourth-order valence-electron chi connectivity index (χ4n) is 1.63. The lowest BCUT2D eigenvalue weighted by molar-refractivity contribution is -0.125. The topological polar surface area (TPSA) is 84.2 Å². The first-order valence-electron chi connectivity index (χ1n) is 6.59. The van der Waals surface area contributed by atoms with Crippen molar-refractivity contribution >= 4 is 11.8 Å². The van der Waals surface area contributed by atoms with Crippen molar-refractivity contribution < 1.29 is 14.0 Å². The first-order chi connectivity index (χ1) is 9.61. The lowest BCUT2D eigenvalue weighted by Crippen LogP contribution is -2.38. The molecule has 20 heavy (non-hydrogen) atoms. The molecule has 0 atom stereocenters. The van der Waals surface area contributed by atoms with Crippen LogP contribution in [-0.2, 0) is 16.0 Å². The second-order valence-electron chi connectivity index (χ2n) is 4.43. The minimum absolute atomic E-state index is 0.0538. The van der Waals surface area contributed by atoms with Gasteiger partial charge in [0.15, 0.2) is 0 Å². The van der Waals surface area contributed by atoms with Crippen LogP contribution in [0.2, 0.25) is 0 Å². The molecule has 0 saturated heterocycles. The van der Waals surface area contributed by atoms with Gasteiger partial charge in [-0.05, 0) is 37.1 Å². The van der Waals surface area contributed by atoms with E-state index < -0.39 is 0 Å². The lowest BCUT2D eigenvalue weighted by atomic mass is 10.1. The highest BCUT2D eigenvalue weighted by Gasteiger charge is 2.06. The van der Waals surface area contributed by atoms with Crippen molar-refractivity contribution in [3.63, 3.8) is 0 Å². The fraction of sp³-hybridized carbons (Fsp3) is 0.429. The van der Waals surface area contributed by atoms with E-state index in [1.165, 1.54) is 12.1 Å². The van der Waals surface area contributed by atoms with E-state index in [-0.39, 0.29) is 30.6 Å². The monoisotopic (exact) mass is 281 g/mol. The molecular weight excluding hydrogens is 261 g/mol. The maximum Gasteiger partial charge on any atom is 0.239 e. The van der Waals surface area contributed by atoms with E-state index in [1.54, 1.807) is 12.1 Å². The minimum atomic E-state index is -0.382. The van der Waals surface area contributed by atoms with Crippen LogP contribution in [0.1, 0.15) is 18.4 Å². The highest BCUT2D eigenvalue weighted by molar-refractivity contribution is 5.85. The molecule has 0 unspecified atom stereocenters. The van der Waals surface area contributed by atoms with Crippen molar-refractivity contribution in [1.29, 1.82) is 0 Å². The Morgan fingerprint density at radius 2 is 1.95 bits per heavy atom. The third-order valence-corrected chi connectivity index (χ3v) is 2.65. The molecule has 0 aliphatic heterocycles. The molecule has 0 aromatic heterocycles. The smallest absolute Gasteiger partial charge is 0.239 e. The largest absolute Gasteiger partial charge is 0.355 e. The van der Waals surface area contributed by atoms with Crippen LogP contribution < -0.4 is 16.4 Å².